The summed E-state index contributed by atoms with van der Waals surface area (Å²) in [6.45, 7) is 0.985. The van der Waals surface area contributed by atoms with Gasteiger partial charge in [-0.05, 0) is 31.0 Å². The first-order valence-corrected chi connectivity index (χ1v) is 6.83. The number of rotatable bonds is 2. The summed E-state index contributed by atoms with van der Waals surface area (Å²) in [5.41, 5.74) is 6.54. The molecule has 5 nitrogen and oxygen atoms in total. The van der Waals surface area contributed by atoms with Gasteiger partial charge in [-0.3, -0.25) is 9.59 Å². The van der Waals surface area contributed by atoms with Crippen molar-refractivity contribution < 1.29 is 14.3 Å². The molecule has 2 N–H and O–H groups in total. The molecular weight excluding hydrogens is 280 g/mol. The monoisotopic (exact) mass is 296 g/mol. The summed E-state index contributed by atoms with van der Waals surface area (Å²) in [5, 5.41) is 0.329. The molecule has 2 rings (SSSR count). The Morgan fingerprint density at radius 3 is 2.85 bits per heavy atom. The SMILES string of the molecule is COC(=O)C1CCCN(C(=O)c2ccc(N)cc2Cl)C1. The number of halogens is 1. The van der Waals surface area contributed by atoms with Crippen molar-refractivity contribution in [1.29, 1.82) is 0 Å². The molecule has 6 heteroatoms. The Bertz CT molecular complexity index is 533. The lowest BCUT2D eigenvalue weighted by Crippen LogP contribution is -2.42. The molecule has 1 aromatic carbocycles. The van der Waals surface area contributed by atoms with Crippen molar-refractivity contribution in [3.05, 3.63) is 28.8 Å². The molecule has 1 heterocycles. The molecule has 0 bridgehead atoms. The first-order valence-electron chi connectivity index (χ1n) is 6.45. The van der Waals surface area contributed by atoms with E-state index in [1.54, 1.807) is 23.1 Å². The number of piperidine rings is 1. The van der Waals surface area contributed by atoms with Gasteiger partial charge in [0.1, 0.15) is 0 Å². The number of methoxy groups -OCH3 is 1. The summed E-state index contributed by atoms with van der Waals surface area (Å²) in [4.78, 5) is 25.7. The zero-order valence-electron chi connectivity index (χ0n) is 11.3. The molecule has 0 radical (unpaired) electrons. The summed E-state index contributed by atoms with van der Waals surface area (Å²) in [6.07, 6.45) is 1.52. The number of esters is 1. The average molecular weight is 297 g/mol. The van der Waals surface area contributed by atoms with Crippen LogP contribution in [-0.2, 0) is 9.53 Å². The smallest absolute Gasteiger partial charge is 0.310 e. The third-order valence-electron chi connectivity index (χ3n) is 3.47. The first kappa shape index (κ1) is 14.7. The molecule has 1 saturated heterocycles. The van der Waals surface area contributed by atoms with Gasteiger partial charge in [0.2, 0.25) is 0 Å². The summed E-state index contributed by atoms with van der Waals surface area (Å²) in [7, 11) is 1.36. The van der Waals surface area contributed by atoms with Gasteiger partial charge in [0, 0.05) is 18.8 Å². The minimum absolute atomic E-state index is 0.177. The second-order valence-electron chi connectivity index (χ2n) is 4.85. The number of nitrogens with zero attached hydrogens (tertiary/aromatic N) is 1. The molecule has 1 unspecified atom stereocenters. The fourth-order valence-corrected chi connectivity index (χ4v) is 2.67. The molecule has 1 aliphatic rings. The highest BCUT2D eigenvalue weighted by atomic mass is 35.5. The largest absolute Gasteiger partial charge is 0.469 e. The van der Waals surface area contributed by atoms with Crippen LogP contribution in [0.2, 0.25) is 5.02 Å². The summed E-state index contributed by atoms with van der Waals surface area (Å²) in [6, 6.07) is 4.80. The van der Waals surface area contributed by atoms with Crippen molar-refractivity contribution in [1.82, 2.24) is 4.90 Å². The Kier molecular flexibility index (Phi) is 4.49. The van der Waals surface area contributed by atoms with E-state index in [4.69, 9.17) is 22.1 Å². The van der Waals surface area contributed by atoms with E-state index in [9.17, 15) is 9.59 Å². The summed E-state index contributed by atoms with van der Waals surface area (Å²) < 4.78 is 4.74. The van der Waals surface area contributed by atoms with Crippen LogP contribution in [0.3, 0.4) is 0 Å². The van der Waals surface area contributed by atoms with Gasteiger partial charge in [-0.1, -0.05) is 11.6 Å². The van der Waals surface area contributed by atoms with E-state index in [0.717, 1.165) is 12.8 Å². The molecule has 1 aliphatic heterocycles. The number of nitrogen functional groups attached to an aromatic ring is 1. The van der Waals surface area contributed by atoms with E-state index < -0.39 is 0 Å². The lowest BCUT2D eigenvalue weighted by atomic mass is 9.97. The van der Waals surface area contributed by atoms with Crippen LogP contribution in [0.15, 0.2) is 18.2 Å². The molecule has 1 fully saturated rings. The lowest BCUT2D eigenvalue weighted by Gasteiger charge is -2.31. The van der Waals surface area contributed by atoms with Crippen LogP contribution in [0.1, 0.15) is 23.2 Å². The van der Waals surface area contributed by atoms with Crippen molar-refractivity contribution in [2.45, 2.75) is 12.8 Å². The zero-order chi connectivity index (χ0) is 14.7. The number of carbonyl (C=O) groups is 2. The van der Waals surface area contributed by atoms with Crippen LogP contribution < -0.4 is 5.73 Å². The molecular formula is C14H17ClN2O3. The summed E-state index contributed by atoms with van der Waals surface area (Å²) >= 11 is 6.05. The van der Waals surface area contributed by atoms with Crippen LogP contribution in [0.5, 0.6) is 0 Å². The van der Waals surface area contributed by atoms with Gasteiger partial charge < -0.3 is 15.4 Å². The molecule has 0 aliphatic carbocycles. The van der Waals surface area contributed by atoms with Crippen LogP contribution >= 0.6 is 11.6 Å². The number of hydrogen-bond acceptors (Lipinski definition) is 4. The Morgan fingerprint density at radius 1 is 1.45 bits per heavy atom. The van der Waals surface area contributed by atoms with Gasteiger partial charge in [-0.2, -0.15) is 0 Å². The topological polar surface area (TPSA) is 72.6 Å². The van der Waals surface area contributed by atoms with Crippen LogP contribution in [-0.4, -0.2) is 37.0 Å². The van der Waals surface area contributed by atoms with Gasteiger partial charge in [-0.25, -0.2) is 0 Å². The van der Waals surface area contributed by atoms with E-state index in [1.807, 2.05) is 0 Å². The van der Waals surface area contributed by atoms with Crippen molar-refractivity contribution in [3.63, 3.8) is 0 Å². The van der Waals surface area contributed by atoms with E-state index in [-0.39, 0.29) is 17.8 Å². The Balaban J connectivity index is 2.14. The highest BCUT2D eigenvalue weighted by Crippen LogP contribution is 2.24. The molecule has 0 spiro atoms. The minimum atomic E-state index is -0.272. The molecule has 1 amide bonds. The number of likely N-dealkylation sites (tertiary alicyclic amines) is 1. The zero-order valence-corrected chi connectivity index (χ0v) is 12.0. The molecule has 0 saturated carbocycles. The van der Waals surface area contributed by atoms with E-state index in [0.29, 0.717) is 29.4 Å². The maximum Gasteiger partial charge on any atom is 0.310 e. The fraction of sp³-hybridized carbons (Fsp3) is 0.429. The van der Waals surface area contributed by atoms with Gasteiger partial charge in [0.05, 0.1) is 23.6 Å². The fourth-order valence-electron chi connectivity index (χ4n) is 2.40. The van der Waals surface area contributed by atoms with Gasteiger partial charge >= 0.3 is 5.97 Å². The average Bonchev–Trinajstić information content (AvgIpc) is 2.46. The van der Waals surface area contributed by atoms with E-state index in [2.05, 4.69) is 0 Å². The minimum Gasteiger partial charge on any atom is -0.469 e. The third kappa shape index (κ3) is 3.04. The normalized spacial score (nSPS) is 18.7. The van der Waals surface area contributed by atoms with Crippen LogP contribution in [0.4, 0.5) is 5.69 Å². The van der Waals surface area contributed by atoms with Crippen LogP contribution in [0, 0.1) is 5.92 Å². The molecule has 1 atom stereocenters. The molecule has 108 valence electrons. The van der Waals surface area contributed by atoms with E-state index >= 15 is 0 Å². The number of hydrogen-bond donors (Lipinski definition) is 1. The van der Waals surface area contributed by atoms with Gasteiger partial charge in [0.25, 0.3) is 5.91 Å². The Morgan fingerprint density at radius 2 is 2.20 bits per heavy atom. The molecule has 20 heavy (non-hydrogen) atoms. The molecule has 1 aromatic rings. The van der Waals surface area contributed by atoms with Gasteiger partial charge in [-0.15, -0.1) is 0 Å². The van der Waals surface area contributed by atoms with E-state index in [1.165, 1.54) is 7.11 Å². The predicted molar refractivity (Wildman–Crippen MR) is 76.5 cm³/mol. The third-order valence-corrected chi connectivity index (χ3v) is 3.78. The second-order valence-corrected chi connectivity index (χ2v) is 5.26. The number of amides is 1. The Labute approximate surface area is 122 Å². The van der Waals surface area contributed by atoms with Crippen molar-refractivity contribution in [3.8, 4) is 0 Å². The van der Waals surface area contributed by atoms with Gasteiger partial charge in [0.15, 0.2) is 0 Å². The lowest BCUT2D eigenvalue weighted by molar-refractivity contribution is -0.146. The number of benzene rings is 1. The molecule has 0 aromatic heterocycles. The highest BCUT2D eigenvalue weighted by Gasteiger charge is 2.30. The highest BCUT2D eigenvalue weighted by molar-refractivity contribution is 6.34. The predicted octanol–water partition coefficient (Wildman–Crippen LogP) is 1.95. The standard InChI is InChI=1S/C14H17ClN2O3/c1-20-14(19)9-3-2-6-17(8-9)13(18)11-5-4-10(16)7-12(11)15/h4-5,7,9H,2-3,6,8,16H2,1H3. The van der Waals surface area contributed by atoms with Crippen molar-refractivity contribution in [2.24, 2.45) is 5.92 Å². The number of nitrogens with two attached hydrogens (primary N) is 1. The van der Waals surface area contributed by atoms with Crippen molar-refractivity contribution >= 4 is 29.2 Å². The van der Waals surface area contributed by atoms with Crippen molar-refractivity contribution in [2.75, 3.05) is 25.9 Å². The first-order chi connectivity index (χ1) is 9.52. The Hall–Kier alpha value is -1.75. The summed E-state index contributed by atoms with van der Waals surface area (Å²) in [5.74, 6) is -0.709. The number of ether oxygens (including phenoxy) is 1. The second kappa shape index (κ2) is 6.13. The maximum absolute atomic E-state index is 12.4. The quantitative estimate of drug-likeness (QED) is 0.669. The maximum atomic E-state index is 12.4. The number of anilines is 1. The van der Waals surface area contributed by atoms with Crippen LogP contribution in [0.25, 0.3) is 0 Å². The number of carbonyl (C=O) groups excluding carboxylic acids is 2.